The molecule has 2 aliphatic carbocycles. The predicted octanol–water partition coefficient (Wildman–Crippen LogP) is 4.44. The van der Waals surface area contributed by atoms with E-state index in [0.717, 1.165) is 23.4 Å². The van der Waals surface area contributed by atoms with Crippen molar-refractivity contribution in [1.82, 2.24) is 5.32 Å². The number of anilines is 1. The molecular weight excluding hydrogens is 389 g/mol. The molecule has 1 unspecified atom stereocenters. The minimum Gasteiger partial charge on any atom is -0.390 e. The molecule has 1 fully saturated rings. The topological polar surface area (TPSA) is 72.2 Å². The highest BCUT2D eigenvalue weighted by atomic mass is 32.1. The van der Waals surface area contributed by atoms with Crippen molar-refractivity contribution in [2.24, 2.45) is 0 Å². The summed E-state index contributed by atoms with van der Waals surface area (Å²) in [5.41, 5.74) is 5.78. The molecule has 0 bridgehead atoms. The Bertz CT molecular complexity index is 888. The Morgan fingerprint density at radius 3 is 2.43 bits per heavy atom. The molecule has 4 rings (SSSR count). The summed E-state index contributed by atoms with van der Waals surface area (Å²) in [7, 11) is 2.01. The molecule has 0 radical (unpaired) electrons. The van der Waals surface area contributed by atoms with Crippen molar-refractivity contribution in [2.45, 2.75) is 43.8 Å². The third-order valence-corrected chi connectivity index (χ3v) is 6.14. The summed E-state index contributed by atoms with van der Waals surface area (Å²) in [6.07, 6.45) is -0.932. The summed E-state index contributed by atoms with van der Waals surface area (Å²) in [5.74, 6) is -0.876. The van der Waals surface area contributed by atoms with Crippen LogP contribution in [-0.4, -0.2) is 25.2 Å². The highest BCUT2D eigenvalue weighted by Gasteiger charge is 2.38. The zero-order valence-corrected chi connectivity index (χ0v) is 16.1. The zero-order valence-electron chi connectivity index (χ0n) is 15.3. The number of aldehydes is 1. The van der Waals surface area contributed by atoms with Gasteiger partial charge in [0.1, 0.15) is 0 Å². The largest absolute Gasteiger partial charge is 0.416 e. The number of carbonyl (C=O) groups excluding carboxylic acids is 2. The lowest BCUT2D eigenvalue weighted by molar-refractivity contribution is -0.138. The fourth-order valence-corrected chi connectivity index (χ4v) is 4.41. The lowest BCUT2D eigenvalue weighted by Crippen LogP contribution is -2.21. The molecule has 0 aliphatic heterocycles. The van der Waals surface area contributed by atoms with E-state index >= 15 is 0 Å². The van der Waals surface area contributed by atoms with Gasteiger partial charge in [0.25, 0.3) is 0 Å². The average Bonchev–Trinajstić information content (AvgIpc) is 3.44. The van der Waals surface area contributed by atoms with Crippen LogP contribution in [0.15, 0.2) is 24.3 Å². The van der Waals surface area contributed by atoms with Gasteiger partial charge in [0.05, 0.1) is 21.0 Å². The Morgan fingerprint density at radius 1 is 1.21 bits per heavy atom. The fourth-order valence-electron chi connectivity index (χ4n) is 3.39. The number of fused-ring (bicyclic) bond motifs is 1. The van der Waals surface area contributed by atoms with E-state index in [1.807, 2.05) is 7.05 Å². The smallest absolute Gasteiger partial charge is 0.390 e. The van der Waals surface area contributed by atoms with Crippen molar-refractivity contribution in [2.75, 3.05) is 12.8 Å². The number of rotatable bonds is 3. The van der Waals surface area contributed by atoms with Crippen molar-refractivity contribution < 1.29 is 22.8 Å². The summed E-state index contributed by atoms with van der Waals surface area (Å²) in [6, 6.07) is 6.13. The third-order valence-electron chi connectivity index (χ3n) is 5.02. The van der Waals surface area contributed by atoms with Crippen molar-refractivity contribution in [3.63, 3.8) is 0 Å². The molecule has 1 atom stereocenters. The van der Waals surface area contributed by atoms with Gasteiger partial charge in [-0.15, -0.1) is 11.3 Å². The van der Waals surface area contributed by atoms with E-state index in [2.05, 4.69) is 5.32 Å². The van der Waals surface area contributed by atoms with Gasteiger partial charge in [0.2, 0.25) is 0 Å². The van der Waals surface area contributed by atoms with E-state index in [1.165, 1.54) is 31.0 Å². The number of nitrogens with two attached hydrogens (primary N) is 1. The normalized spacial score (nSPS) is 18.9. The second-order valence-electron chi connectivity index (χ2n) is 6.98. The minimum absolute atomic E-state index is 0.0155. The van der Waals surface area contributed by atoms with Gasteiger partial charge in [-0.25, -0.2) is 0 Å². The summed E-state index contributed by atoms with van der Waals surface area (Å²) in [5, 5.41) is 3.38. The maximum absolute atomic E-state index is 13.2. The van der Waals surface area contributed by atoms with Gasteiger partial charge in [0, 0.05) is 12.5 Å². The molecule has 0 saturated heterocycles. The first kappa shape index (κ1) is 20.5. The number of thiophene rings is 1. The SMILES string of the molecule is CNC1CC1.Nc1sc2c(c1C=O)CC(c1ccccc1C(F)(F)F)CC2=O. The number of carbonyl (C=O) groups is 2. The Kier molecular flexibility index (Phi) is 5.90. The molecule has 2 aromatic rings. The van der Waals surface area contributed by atoms with Crippen LogP contribution in [0.25, 0.3) is 0 Å². The summed E-state index contributed by atoms with van der Waals surface area (Å²) in [4.78, 5) is 23.8. The maximum atomic E-state index is 13.2. The number of hydrogen-bond acceptors (Lipinski definition) is 5. The molecule has 1 aromatic carbocycles. The van der Waals surface area contributed by atoms with Crippen molar-refractivity contribution in [3.05, 3.63) is 51.4 Å². The van der Waals surface area contributed by atoms with Gasteiger partial charge in [-0.2, -0.15) is 13.2 Å². The molecule has 1 saturated carbocycles. The Balaban J connectivity index is 0.000000391. The fraction of sp³-hybridized carbons (Fsp3) is 0.400. The standard InChI is InChI=1S/C16H12F3NO2S.C4H9N/c17-16(18,19)12-4-2-1-3-9(12)8-5-10-11(7-21)15(20)23-14(10)13(22)6-8;1-5-4-2-3-4/h1-4,7-8H,5-6,20H2;4-5H,2-3H2,1H3. The van der Waals surface area contributed by atoms with Crippen LogP contribution in [0, 0.1) is 0 Å². The first-order valence-corrected chi connectivity index (χ1v) is 9.80. The molecule has 150 valence electrons. The van der Waals surface area contributed by atoms with Crippen molar-refractivity contribution in [3.8, 4) is 0 Å². The van der Waals surface area contributed by atoms with Crippen LogP contribution in [-0.2, 0) is 12.6 Å². The molecular formula is C20H21F3N2O2S. The van der Waals surface area contributed by atoms with Gasteiger partial charge in [-0.05, 0) is 49.4 Å². The Hall–Kier alpha value is -2.19. The second kappa shape index (κ2) is 8.05. The van der Waals surface area contributed by atoms with Crippen LogP contribution >= 0.6 is 11.3 Å². The first-order chi connectivity index (χ1) is 13.3. The number of hydrogen-bond donors (Lipinski definition) is 2. The number of nitrogen functional groups attached to an aromatic ring is 1. The third kappa shape index (κ3) is 4.28. The van der Waals surface area contributed by atoms with Gasteiger partial charge < -0.3 is 11.1 Å². The number of halogens is 3. The summed E-state index contributed by atoms with van der Waals surface area (Å²) >= 11 is 1.03. The van der Waals surface area contributed by atoms with Gasteiger partial charge >= 0.3 is 6.18 Å². The molecule has 28 heavy (non-hydrogen) atoms. The number of ketones is 1. The number of benzene rings is 1. The quantitative estimate of drug-likeness (QED) is 0.734. The summed E-state index contributed by atoms with van der Waals surface area (Å²) < 4.78 is 39.6. The van der Waals surface area contributed by atoms with Gasteiger partial charge in [-0.3, -0.25) is 9.59 Å². The van der Waals surface area contributed by atoms with Gasteiger partial charge in [0.15, 0.2) is 12.1 Å². The van der Waals surface area contributed by atoms with E-state index < -0.39 is 17.7 Å². The highest BCUT2D eigenvalue weighted by molar-refractivity contribution is 7.18. The molecule has 2 aliphatic rings. The summed E-state index contributed by atoms with van der Waals surface area (Å²) in [6.45, 7) is 0. The number of nitrogens with one attached hydrogen (secondary N) is 1. The Labute approximate surface area is 164 Å². The molecule has 3 N–H and O–H groups in total. The monoisotopic (exact) mass is 410 g/mol. The first-order valence-electron chi connectivity index (χ1n) is 8.99. The lowest BCUT2D eigenvalue weighted by Gasteiger charge is -2.25. The number of alkyl halides is 3. The van der Waals surface area contributed by atoms with Crippen LogP contribution in [0.4, 0.5) is 18.2 Å². The van der Waals surface area contributed by atoms with Gasteiger partial charge in [-0.1, -0.05) is 18.2 Å². The minimum atomic E-state index is -4.49. The average molecular weight is 410 g/mol. The van der Waals surface area contributed by atoms with Crippen LogP contribution in [0.1, 0.15) is 61.9 Å². The van der Waals surface area contributed by atoms with Crippen molar-refractivity contribution in [1.29, 1.82) is 0 Å². The molecule has 0 amide bonds. The predicted molar refractivity (Wildman–Crippen MR) is 103 cm³/mol. The van der Waals surface area contributed by atoms with Crippen LogP contribution in [0.3, 0.4) is 0 Å². The lowest BCUT2D eigenvalue weighted by atomic mass is 9.80. The van der Waals surface area contributed by atoms with E-state index in [9.17, 15) is 22.8 Å². The molecule has 0 spiro atoms. The Morgan fingerprint density at radius 2 is 1.89 bits per heavy atom. The maximum Gasteiger partial charge on any atom is 0.416 e. The molecule has 1 aromatic heterocycles. The van der Waals surface area contributed by atoms with E-state index in [-0.39, 0.29) is 34.8 Å². The van der Waals surface area contributed by atoms with Crippen LogP contribution < -0.4 is 11.1 Å². The van der Waals surface area contributed by atoms with E-state index in [1.54, 1.807) is 0 Å². The molecule has 8 heteroatoms. The number of Topliss-reactive ketones (excluding diaryl/α,β-unsaturated/α-hetero) is 1. The zero-order chi connectivity index (χ0) is 20.5. The van der Waals surface area contributed by atoms with E-state index in [0.29, 0.717) is 16.7 Å². The molecule has 1 heterocycles. The second-order valence-corrected chi connectivity index (χ2v) is 8.03. The van der Waals surface area contributed by atoms with Crippen molar-refractivity contribution >= 4 is 28.4 Å². The van der Waals surface area contributed by atoms with E-state index in [4.69, 9.17) is 5.73 Å². The van der Waals surface area contributed by atoms with Crippen LogP contribution in [0.5, 0.6) is 0 Å². The van der Waals surface area contributed by atoms with Crippen LogP contribution in [0.2, 0.25) is 0 Å². The molecule has 4 nitrogen and oxygen atoms in total. The highest BCUT2D eigenvalue weighted by Crippen LogP contribution is 2.43.